The number of carbonyl (C=O) groups excluding carboxylic acids is 2. The number of rotatable bonds is 4. The van der Waals surface area contributed by atoms with E-state index < -0.39 is 0 Å². The third-order valence-corrected chi connectivity index (χ3v) is 5.13. The molecule has 1 aromatic carbocycles. The molecular formula is C22H24N4O3. The Balaban J connectivity index is 1.56. The molecule has 1 aliphatic heterocycles. The molecule has 150 valence electrons. The SMILES string of the molecule is CC(=O)Nc1cc2c(-c3ccc(CC(=O)N4COCC4(C)C)cc3)cccn2n1. The van der Waals surface area contributed by atoms with E-state index >= 15 is 0 Å². The first-order valence-electron chi connectivity index (χ1n) is 9.57. The summed E-state index contributed by atoms with van der Waals surface area (Å²) in [7, 11) is 0. The average Bonchev–Trinajstić information content (AvgIpc) is 3.23. The minimum Gasteiger partial charge on any atom is -0.359 e. The van der Waals surface area contributed by atoms with Crippen molar-refractivity contribution in [3.05, 3.63) is 54.2 Å². The van der Waals surface area contributed by atoms with E-state index in [4.69, 9.17) is 4.74 Å². The van der Waals surface area contributed by atoms with Gasteiger partial charge in [0.1, 0.15) is 6.73 Å². The quantitative estimate of drug-likeness (QED) is 0.740. The summed E-state index contributed by atoms with van der Waals surface area (Å²) >= 11 is 0. The molecule has 1 N–H and O–H groups in total. The van der Waals surface area contributed by atoms with Crippen LogP contribution in [0.4, 0.5) is 5.82 Å². The summed E-state index contributed by atoms with van der Waals surface area (Å²) in [5.74, 6) is 0.427. The molecule has 0 aliphatic carbocycles. The van der Waals surface area contributed by atoms with E-state index in [-0.39, 0.29) is 17.4 Å². The van der Waals surface area contributed by atoms with Crippen molar-refractivity contribution in [2.24, 2.45) is 0 Å². The van der Waals surface area contributed by atoms with Gasteiger partial charge in [-0.3, -0.25) is 9.59 Å². The van der Waals surface area contributed by atoms with Crippen molar-refractivity contribution in [2.75, 3.05) is 18.7 Å². The smallest absolute Gasteiger partial charge is 0.229 e. The summed E-state index contributed by atoms with van der Waals surface area (Å²) in [5, 5.41) is 7.09. The Kier molecular flexibility index (Phi) is 4.84. The normalized spacial score (nSPS) is 15.6. The van der Waals surface area contributed by atoms with Gasteiger partial charge >= 0.3 is 0 Å². The fourth-order valence-electron chi connectivity index (χ4n) is 3.62. The topological polar surface area (TPSA) is 75.9 Å². The highest BCUT2D eigenvalue weighted by Crippen LogP contribution is 2.27. The molecular weight excluding hydrogens is 368 g/mol. The number of nitrogens with one attached hydrogen (secondary N) is 1. The highest BCUT2D eigenvalue weighted by atomic mass is 16.5. The predicted octanol–water partition coefficient (Wildman–Crippen LogP) is 3.10. The molecule has 0 atom stereocenters. The van der Waals surface area contributed by atoms with Crippen LogP contribution in [0.2, 0.25) is 0 Å². The molecule has 0 spiro atoms. The molecule has 0 radical (unpaired) electrons. The maximum atomic E-state index is 12.7. The van der Waals surface area contributed by atoms with Gasteiger partial charge in [-0.15, -0.1) is 0 Å². The van der Waals surface area contributed by atoms with Gasteiger partial charge < -0.3 is 15.0 Å². The van der Waals surface area contributed by atoms with Gasteiger partial charge in [0.15, 0.2) is 5.82 Å². The molecule has 7 heteroatoms. The second-order valence-corrected chi connectivity index (χ2v) is 7.95. The molecule has 7 nitrogen and oxygen atoms in total. The van der Waals surface area contributed by atoms with Crippen LogP contribution in [0.15, 0.2) is 48.7 Å². The van der Waals surface area contributed by atoms with Gasteiger partial charge in [-0.1, -0.05) is 30.3 Å². The highest BCUT2D eigenvalue weighted by molar-refractivity contribution is 5.90. The maximum Gasteiger partial charge on any atom is 0.229 e. The van der Waals surface area contributed by atoms with Gasteiger partial charge in [-0.2, -0.15) is 5.10 Å². The van der Waals surface area contributed by atoms with Gasteiger partial charge in [-0.25, -0.2) is 4.52 Å². The Hall–Kier alpha value is -3.19. The van der Waals surface area contributed by atoms with Crippen LogP contribution in [0, 0.1) is 0 Å². The molecule has 0 unspecified atom stereocenters. The fraction of sp³-hybridized carbons (Fsp3) is 0.318. The molecule has 0 saturated carbocycles. The van der Waals surface area contributed by atoms with E-state index in [1.165, 1.54) is 6.92 Å². The summed E-state index contributed by atoms with van der Waals surface area (Å²) in [4.78, 5) is 25.7. The zero-order chi connectivity index (χ0) is 20.6. The molecule has 29 heavy (non-hydrogen) atoms. The third kappa shape index (κ3) is 3.86. The number of benzene rings is 1. The van der Waals surface area contributed by atoms with Crippen LogP contribution in [-0.4, -0.2) is 45.2 Å². The van der Waals surface area contributed by atoms with Crippen molar-refractivity contribution >= 4 is 23.1 Å². The lowest BCUT2D eigenvalue weighted by molar-refractivity contribution is -0.134. The largest absolute Gasteiger partial charge is 0.359 e. The lowest BCUT2D eigenvalue weighted by atomic mass is 10.0. The number of amides is 2. The number of fused-ring (bicyclic) bond motifs is 1. The Morgan fingerprint density at radius 1 is 1.21 bits per heavy atom. The second-order valence-electron chi connectivity index (χ2n) is 7.95. The first-order valence-corrected chi connectivity index (χ1v) is 9.57. The molecule has 2 amide bonds. The summed E-state index contributed by atoms with van der Waals surface area (Å²) in [6.45, 7) is 6.41. The van der Waals surface area contributed by atoms with E-state index in [9.17, 15) is 9.59 Å². The van der Waals surface area contributed by atoms with Crippen molar-refractivity contribution < 1.29 is 14.3 Å². The van der Waals surface area contributed by atoms with Gasteiger partial charge in [0, 0.05) is 24.8 Å². The number of pyridine rings is 1. The van der Waals surface area contributed by atoms with Gasteiger partial charge in [0.05, 0.1) is 24.1 Å². The van der Waals surface area contributed by atoms with Crippen LogP contribution in [0.3, 0.4) is 0 Å². The molecule has 3 heterocycles. The lowest BCUT2D eigenvalue weighted by Crippen LogP contribution is -2.44. The highest BCUT2D eigenvalue weighted by Gasteiger charge is 2.36. The summed E-state index contributed by atoms with van der Waals surface area (Å²) in [6.07, 6.45) is 2.19. The number of nitrogens with zero attached hydrogens (tertiary/aromatic N) is 3. The van der Waals surface area contributed by atoms with Gasteiger partial charge in [0.2, 0.25) is 11.8 Å². The molecule has 4 rings (SSSR count). The molecule has 3 aromatic rings. The van der Waals surface area contributed by atoms with Crippen LogP contribution in [0.25, 0.3) is 16.6 Å². The van der Waals surface area contributed by atoms with Crippen molar-refractivity contribution in [2.45, 2.75) is 32.7 Å². The Bertz CT molecular complexity index is 1070. The first kappa shape index (κ1) is 19.1. The molecule has 2 aromatic heterocycles. The second kappa shape index (κ2) is 7.33. The van der Waals surface area contributed by atoms with Crippen LogP contribution >= 0.6 is 0 Å². The summed E-state index contributed by atoms with van der Waals surface area (Å²) < 4.78 is 7.19. The maximum absolute atomic E-state index is 12.7. The third-order valence-electron chi connectivity index (χ3n) is 5.13. The Morgan fingerprint density at radius 2 is 1.97 bits per heavy atom. The number of ether oxygens (including phenoxy) is 1. The van der Waals surface area contributed by atoms with Crippen molar-refractivity contribution in [3.63, 3.8) is 0 Å². The van der Waals surface area contributed by atoms with E-state index in [1.807, 2.05) is 62.5 Å². The fourth-order valence-corrected chi connectivity index (χ4v) is 3.62. The monoisotopic (exact) mass is 392 g/mol. The number of carbonyl (C=O) groups is 2. The van der Waals surface area contributed by atoms with Crippen LogP contribution < -0.4 is 5.32 Å². The van der Waals surface area contributed by atoms with Gasteiger partial charge in [-0.05, 0) is 31.0 Å². The van der Waals surface area contributed by atoms with E-state index in [0.717, 1.165) is 22.2 Å². The summed E-state index contributed by atoms with van der Waals surface area (Å²) in [6, 6.07) is 13.8. The lowest BCUT2D eigenvalue weighted by Gasteiger charge is -2.29. The minimum absolute atomic E-state index is 0.0677. The Labute approximate surface area is 169 Å². The van der Waals surface area contributed by atoms with E-state index in [1.54, 1.807) is 9.42 Å². The zero-order valence-corrected chi connectivity index (χ0v) is 16.8. The zero-order valence-electron chi connectivity index (χ0n) is 16.8. The van der Waals surface area contributed by atoms with Crippen LogP contribution in [0.5, 0.6) is 0 Å². The molecule has 1 aliphatic rings. The minimum atomic E-state index is -0.264. The van der Waals surface area contributed by atoms with Crippen molar-refractivity contribution in [1.29, 1.82) is 0 Å². The van der Waals surface area contributed by atoms with Crippen molar-refractivity contribution in [3.8, 4) is 11.1 Å². The number of hydrogen-bond acceptors (Lipinski definition) is 4. The first-order chi connectivity index (χ1) is 13.8. The van der Waals surface area contributed by atoms with Crippen LogP contribution in [0.1, 0.15) is 26.3 Å². The molecule has 1 saturated heterocycles. The predicted molar refractivity (Wildman–Crippen MR) is 110 cm³/mol. The number of aromatic nitrogens is 2. The number of hydrogen-bond donors (Lipinski definition) is 1. The van der Waals surface area contributed by atoms with Crippen molar-refractivity contribution in [1.82, 2.24) is 14.5 Å². The number of anilines is 1. The molecule has 0 bridgehead atoms. The standard InChI is InChI=1S/C22H24N4O3/c1-15(27)23-20-12-19-18(5-4-10-26(19)24-20)17-8-6-16(7-9-17)11-21(28)25-14-29-13-22(25,2)3/h4-10,12H,11,13-14H2,1-3H3,(H,23,24,27). The van der Waals surface area contributed by atoms with Crippen LogP contribution in [-0.2, 0) is 20.7 Å². The van der Waals surface area contributed by atoms with E-state index in [2.05, 4.69) is 10.4 Å². The van der Waals surface area contributed by atoms with E-state index in [0.29, 0.717) is 25.6 Å². The average molecular weight is 392 g/mol. The Morgan fingerprint density at radius 3 is 2.62 bits per heavy atom. The summed E-state index contributed by atoms with van der Waals surface area (Å²) in [5.41, 5.74) is 3.62. The van der Waals surface area contributed by atoms with Gasteiger partial charge in [0.25, 0.3) is 0 Å². The molecule has 1 fully saturated rings.